The van der Waals surface area contributed by atoms with E-state index < -0.39 is 0 Å². The summed E-state index contributed by atoms with van der Waals surface area (Å²) >= 11 is 0. The smallest absolute Gasteiger partial charge is 0.408 e. The van der Waals surface area contributed by atoms with Crippen LogP contribution in [0.2, 0.25) is 0 Å². The first-order valence-electron chi connectivity index (χ1n) is 5.26. The maximum atomic E-state index is 11.3. The Labute approximate surface area is 93.7 Å². The average molecular weight is 220 g/mol. The fourth-order valence-corrected chi connectivity index (χ4v) is 1.67. The number of hydrogen-bond donors (Lipinski definition) is 1. The maximum Gasteiger partial charge on any atom is 0.419 e. The molecule has 4 nitrogen and oxygen atoms in total. The molecule has 0 unspecified atom stereocenters. The molecule has 2 rings (SSSR count). The zero-order valence-corrected chi connectivity index (χ0v) is 9.78. The van der Waals surface area contributed by atoms with Crippen LogP contribution in [0.3, 0.4) is 0 Å². The lowest BCUT2D eigenvalue weighted by atomic mass is 9.85. The first-order valence-corrected chi connectivity index (χ1v) is 5.26. The minimum Gasteiger partial charge on any atom is -0.408 e. The summed E-state index contributed by atoms with van der Waals surface area (Å²) < 4.78 is 6.64. The van der Waals surface area contributed by atoms with Gasteiger partial charge in [-0.1, -0.05) is 19.9 Å². The zero-order chi connectivity index (χ0) is 11.9. The fraction of sp³-hybridized carbons (Fsp3) is 0.417. The van der Waals surface area contributed by atoms with Crippen LogP contribution in [0, 0.1) is 0 Å². The van der Waals surface area contributed by atoms with E-state index in [1.54, 1.807) is 7.05 Å². The standard InChI is InChI=1S/C12H16N2O2/c1-12(2,7-13)8-4-5-9-10(6-8)16-11(15)14(9)3/h4-6H,7,13H2,1-3H3. The van der Waals surface area contributed by atoms with Gasteiger partial charge >= 0.3 is 5.76 Å². The molecule has 1 heterocycles. The molecule has 0 aliphatic carbocycles. The van der Waals surface area contributed by atoms with Gasteiger partial charge in [-0.25, -0.2) is 4.79 Å². The van der Waals surface area contributed by atoms with Gasteiger partial charge < -0.3 is 10.2 Å². The Morgan fingerprint density at radius 2 is 2.12 bits per heavy atom. The molecule has 1 aromatic carbocycles. The number of fused-ring (bicyclic) bond motifs is 1. The van der Waals surface area contributed by atoms with E-state index in [4.69, 9.17) is 10.2 Å². The summed E-state index contributed by atoms with van der Waals surface area (Å²) in [6.07, 6.45) is 0. The van der Waals surface area contributed by atoms with Crippen molar-refractivity contribution in [3.63, 3.8) is 0 Å². The second kappa shape index (κ2) is 3.49. The molecule has 86 valence electrons. The molecule has 0 radical (unpaired) electrons. The van der Waals surface area contributed by atoms with Gasteiger partial charge in [0.25, 0.3) is 0 Å². The quantitative estimate of drug-likeness (QED) is 0.831. The van der Waals surface area contributed by atoms with Gasteiger partial charge in [0.05, 0.1) is 5.52 Å². The molecule has 0 saturated carbocycles. The first-order chi connectivity index (χ1) is 7.45. The molecule has 1 aromatic heterocycles. The molecule has 0 fully saturated rings. The third kappa shape index (κ3) is 1.55. The molecule has 4 heteroatoms. The lowest BCUT2D eigenvalue weighted by molar-refractivity contribution is 0.521. The van der Waals surface area contributed by atoms with E-state index in [2.05, 4.69) is 13.8 Å². The van der Waals surface area contributed by atoms with Crippen LogP contribution < -0.4 is 11.5 Å². The molecular formula is C12H16N2O2. The predicted octanol–water partition coefficient (Wildman–Crippen LogP) is 1.37. The van der Waals surface area contributed by atoms with Crippen molar-refractivity contribution >= 4 is 11.1 Å². The van der Waals surface area contributed by atoms with Crippen molar-refractivity contribution in [2.24, 2.45) is 12.8 Å². The summed E-state index contributed by atoms with van der Waals surface area (Å²) in [4.78, 5) is 11.3. The van der Waals surface area contributed by atoms with Crippen LogP contribution in [0.4, 0.5) is 0 Å². The van der Waals surface area contributed by atoms with Gasteiger partial charge in [-0.05, 0) is 17.7 Å². The highest BCUT2D eigenvalue weighted by molar-refractivity contribution is 5.74. The number of rotatable bonds is 2. The molecule has 0 aliphatic rings. The number of hydrogen-bond acceptors (Lipinski definition) is 3. The number of benzene rings is 1. The van der Waals surface area contributed by atoms with Gasteiger partial charge in [0.2, 0.25) is 0 Å². The van der Waals surface area contributed by atoms with Crippen LogP contribution in [0.5, 0.6) is 0 Å². The molecule has 0 spiro atoms. The van der Waals surface area contributed by atoms with E-state index in [-0.39, 0.29) is 11.2 Å². The molecule has 16 heavy (non-hydrogen) atoms. The van der Waals surface area contributed by atoms with Crippen molar-refractivity contribution in [3.05, 3.63) is 34.3 Å². The van der Waals surface area contributed by atoms with Crippen molar-refractivity contribution in [1.29, 1.82) is 0 Å². The summed E-state index contributed by atoms with van der Waals surface area (Å²) in [7, 11) is 1.70. The molecular weight excluding hydrogens is 204 g/mol. The van der Waals surface area contributed by atoms with Crippen LogP contribution in [-0.4, -0.2) is 11.1 Å². The van der Waals surface area contributed by atoms with Crippen molar-refractivity contribution < 1.29 is 4.42 Å². The number of oxazole rings is 1. The highest BCUT2D eigenvalue weighted by Crippen LogP contribution is 2.25. The molecule has 2 aromatic rings. The third-order valence-electron chi connectivity index (χ3n) is 3.08. The predicted molar refractivity (Wildman–Crippen MR) is 63.5 cm³/mol. The van der Waals surface area contributed by atoms with Gasteiger partial charge in [-0.2, -0.15) is 0 Å². The van der Waals surface area contributed by atoms with Crippen LogP contribution >= 0.6 is 0 Å². The van der Waals surface area contributed by atoms with Crippen molar-refractivity contribution in [2.75, 3.05) is 6.54 Å². The molecule has 0 bridgehead atoms. The topological polar surface area (TPSA) is 61.2 Å². The number of nitrogens with two attached hydrogens (primary N) is 1. The van der Waals surface area contributed by atoms with Crippen molar-refractivity contribution in [2.45, 2.75) is 19.3 Å². The number of aromatic nitrogens is 1. The van der Waals surface area contributed by atoms with Crippen LogP contribution in [-0.2, 0) is 12.5 Å². The molecule has 2 N–H and O–H groups in total. The summed E-state index contributed by atoms with van der Waals surface area (Å²) in [5.41, 5.74) is 8.12. The van der Waals surface area contributed by atoms with Gasteiger partial charge in [0.1, 0.15) is 0 Å². The lowest BCUT2D eigenvalue weighted by Gasteiger charge is -2.22. The Morgan fingerprint density at radius 3 is 2.75 bits per heavy atom. The summed E-state index contributed by atoms with van der Waals surface area (Å²) in [6.45, 7) is 4.68. The van der Waals surface area contributed by atoms with Crippen LogP contribution in [0.15, 0.2) is 27.4 Å². The minimum absolute atomic E-state index is 0.109. The third-order valence-corrected chi connectivity index (χ3v) is 3.08. The Balaban J connectivity index is 2.66. The lowest BCUT2D eigenvalue weighted by Crippen LogP contribution is -2.27. The first kappa shape index (κ1) is 11.0. The van der Waals surface area contributed by atoms with Gasteiger partial charge in [0, 0.05) is 19.0 Å². The van der Waals surface area contributed by atoms with Crippen molar-refractivity contribution in [3.8, 4) is 0 Å². The molecule has 0 amide bonds. The van der Waals surface area contributed by atoms with E-state index in [1.165, 1.54) is 4.57 Å². The zero-order valence-electron chi connectivity index (χ0n) is 9.78. The largest absolute Gasteiger partial charge is 0.419 e. The highest BCUT2D eigenvalue weighted by Gasteiger charge is 2.19. The highest BCUT2D eigenvalue weighted by atomic mass is 16.4. The maximum absolute atomic E-state index is 11.3. The van der Waals surface area contributed by atoms with Crippen LogP contribution in [0.1, 0.15) is 19.4 Å². The van der Waals surface area contributed by atoms with E-state index in [0.717, 1.165) is 11.1 Å². The fourth-order valence-electron chi connectivity index (χ4n) is 1.67. The Bertz CT molecular complexity index is 578. The minimum atomic E-state index is -0.335. The van der Waals surface area contributed by atoms with E-state index in [1.807, 2.05) is 18.2 Å². The summed E-state index contributed by atoms with van der Waals surface area (Å²) in [6, 6.07) is 5.78. The van der Waals surface area contributed by atoms with Gasteiger partial charge in [0.15, 0.2) is 5.58 Å². The van der Waals surface area contributed by atoms with Crippen molar-refractivity contribution in [1.82, 2.24) is 4.57 Å². The normalized spacial score (nSPS) is 12.2. The molecule has 0 saturated heterocycles. The summed E-state index contributed by atoms with van der Waals surface area (Å²) in [5.74, 6) is -0.335. The number of nitrogens with zero attached hydrogens (tertiary/aromatic N) is 1. The molecule has 0 atom stereocenters. The Kier molecular flexibility index (Phi) is 2.39. The Morgan fingerprint density at radius 1 is 1.44 bits per heavy atom. The second-order valence-corrected chi connectivity index (χ2v) is 4.70. The average Bonchev–Trinajstić information content (AvgIpc) is 2.54. The number of aryl methyl sites for hydroxylation is 1. The Hall–Kier alpha value is -1.55. The van der Waals surface area contributed by atoms with Gasteiger partial charge in [-0.15, -0.1) is 0 Å². The van der Waals surface area contributed by atoms with Crippen LogP contribution in [0.25, 0.3) is 11.1 Å². The van der Waals surface area contributed by atoms with E-state index in [9.17, 15) is 4.79 Å². The van der Waals surface area contributed by atoms with E-state index in [0.29, 0.717) is 12.1 Å². The summed E-state index contributed by atoms with van der Waals surface area (Å²) in [5, 5.41) is 0. The molecule has 0 aliphatic heterocycles. The monoisotopic (exact) mass is 220 g/mol. The SMILES string of the molecule is Cn1c(=O)oc2cc(C(C)(C)CN)ccc21. The van der Waals surface area contributed by atoms with Gasteiger partial charge in [-0.3, -0.25) is 4.57 Å². The second-order valence-electron chi connectivity index (χ2n) is 4.70. The van der Waals surface area contributed by atoms with E-state index >= 15 is 0 Å².